The molecular formula is C4H4O4S2. The van der Waals surface area contributed by atoms with Crippen molar-refractivity contribution in [1.29, 1.82) is 0 Å². The molecule has 0 aliphatic rings. The summed E-state index contributed by atoms with van der Waals surface area (Å²) in [6.45, 7) is 0. The van der Waals surface area contributed by atoms with Crippen molar-refractivity contribution in [2.45, 2.75) is 0 Å². The van der Waals surface area contributed by atoms with Gasteiger partial charge < -0.3 is 8.37 Å². The molecule has 0 aromatic heterocycles. The van der Waals surface area contributed by atoms with Gasteiger partial charge in [-0.15, -0.1) is 0 Å². The first kappa shape index (κ1) is 9.38. The smallest absolute Gasteiger partial charge is 0.342 e. The van der Waals surface area contributed by atoms with E-state index >= 15 is 0 Å². The minimum atomic E-state index is -0.748. The second kappa shape index (κ2) is 5.19. The van der Waals surface area contributed by atoms with Gasteiger partial charge in [-0.1, -0.05) is 0 Å². The maximum atomic E-state index is 10.2. The molecule has 0 atom stereocenters. The van der Waals surface area contributed by atoms with Crippen LogP contribution in [-0.2, 0) is 18.0 Å². The maximum Gasteiger partial charge on any atom is 0.342 e. The highest BCUT2D eigenvalue weighted by Gasteiger charge is 1.95. The molecule has 0 aliphatic carbocycles. The number of carbonyl (C=O) groups excluding carboxylic acids is 2. The lowest BCUT2D eigenvalue weighted by Gasteiger charge is -1.86. The first-order valence-corrected chi connectivity index (χ1v) is 2.82. The molecule has 0 radical (unpaired) electrons. The van der Waals surface area contributed by atoms with Crippen molar-refractivity contribution in [3.8, 4) is 0 Å². The van der Waals surface area contributed by atoms with Crippen molar-refractivity contribution < 1.29 is 18.0 Å². The molecule has 0 saturated heterocycles. The molecule has 0 aliphatic heterocycles. The average Bonchev–Trinajstić information content (AvgIpc) is 1.99. The Kier molecular flexibility index (Phi) is 4.87. The highest BCUT2D eigenvalue weighted by atomic mass is 32.1. The van der Waals surface area contributed by atoms with Gasteiger partial charge in [-0.2, -0.15) is 0 Å². The van der Waals surface area contributed by atoms with Crippen LogP contribution in [0, 0.1) is 0 Å². The van der Waals surface area contributed by atoms with Crippen molar-refractivity contribution in [3.05, 3.63) is 12.2 Å². The van der Waals surface area contributed by atoms with E-state index in [9.17, 15) is 9.59 Å². The van der Waals surface area contributed by atoms with E-state index in [1.54, 1.807) is 0 Å². The zero-order chi connectivity index (χ0) is 7.98. The zero-order valence-corrected chi connectivity index (χ0v) is 6.47. The molecular weight excluding hydrogens is 176 g/mol. The average molecular weight is 180 g/mol. The quantitative estimate of drug-likeness (QED) is 0.365. The summed E-state index contributed by atoms with van der Waals surface area (Å²) in [7, 11) is 0. The molecule has 0 saturated carbocycles. The lowest BCUT2D eigenvalue weighted by molar-refractivity contribution is -0.130. The van der Waals surface area contributed by atoms with Crippen molar-refractivity contribution in [2.75, 3.05) is 0 Å². The molecule has 6 heteroatoms. The predicted molar refractivity (Wildman–Crippen MR) is 39.3 cm³/mol. The zero-order valence-electron chi connectivity index (χ0n) is 4.68. The van der Waals surface area contributed by atoms with Crippen LogP contribution in [0.25, 0.3) is 0 Å². The molecule has 0 aromatic carbocycles. The Hall–Kier alpha value is -0.620. The third-order valence-electron chi connectivity index (χ3n) is 0.535. The second-order valence-electron chi connectivity index (χ2n) is 1.15. The Morgan fingerprint density at radius 1 is 1.00 bits per heavy atom. The van der Waals surface area contributed by atoms with Crippen LogP contribution >= 0.6 is 25.8 Å². The van der Waals surface area contributed by atoms with Crippen LogP contribution in [0.2, 0.25) is 0 Å². The molecule has 10 heavy (non-hydrogen) atoms. The van der Waals surface area contributed by atoms with Crippen LogP contribution in [-0.4, -0.2) is 11.9 Å². The topological polar surface area (TPSA) is 52.6 Å². The van der Waals surface area contributed by atoms with Gasteiger partial charge in [-0.25, -0.2) is 9.59 Å². The molecule has 56 valence electrons. The minimum absolute atomic E-state index is 0.748. The van der Waals surface area contributed by atoms with Gasteiger partial charge in [0, 0.05) is 38.0 Å². The fraction of sp³-hybridized carbons (Fsp3) is 0. The SMILES string of the molecule is O=C(/C=C\C(=O)OS)OS. The number of thiol groups is 2. The summed E-state index contributed by atoms with van der Waals surface area (Å²) in [5, 5.41) is 0. The summed E-state index contributed by atoms with van der Waals surface area (Å²) in [4.78, 5) is 20.4. The van der Waals surface area contributed by atoms with E-state index in [0.717, 1.165) is 12.2 Å². The summed E-state index contributed by atoms with van der Waals surface area (Å²) in [6, 6.07) is 0. The second-order valence-corrected chi connectivity index (χ2v) is 1.52. The van der Waals surface area contributed by atoms with Crippen molar-refractivity contribution in [3.63, 3.8) is 0 Å². The lowest BCUT2D eigenvalue weighted by Crippen LogP contribution is -1.94. The first-order chi connectivity index (χ1) is 4.70. The van der Waals surface area contributed by atoms with E-state index in [0.29, 0.717) is 0 Å². The Morgan fingerprint density at radius 2 is 1.30 bits per heavy atom. The maximum absolute atomic E-state index is 10.2. The molecule has 0 fully saturated rings. The Morgan fingerprint density at radius 3 is 1.50 bits per heavy atom. The van der Waals surface area contributed by atoms with E-state index in [4.69, 9.17) is 0 Å². The van der Waals surface area contributed by atoms with Gasteiger partial charge >= 0.3 is 11.9 Å². The Labute approximate surface area is 68.4 Å². The van der Waals surface area contributed by atoms with Crippen LogP contribution in [0.3, 0.4) is 0 Å². The van der Waals surface area contributed by atoms with E-state index in [1.165, 1.54) is 0 Å². The molecule has 0 rings (SSSR count). The monoisotopic (exact) mass is 180 g/mol. The molecule has 4 nitrogen and oxygen atoms in total. The third-order valence-corrected chi connectivity index (χ3v) is 0.895. The Balaban J connectivity index is 3.75. The summed E-state index contributed by atoms with van der Waals surface area (Å²) < 4.78 is 7.76. The van der Waals surface area contributed by atoms with E-state index in [2.05, 4.69) is 34.2 Å². The minimum Gasteiger partial charge on any atom is -0.391 e. The van der Waals surface area contributed by atoms with Crippen molar-refractivity contribution >= 4 is 37.8 Å². The van der Waals surface area contributed by atoms with Gasteiger partial charge in [0.05, 0.1) is 0 Å². The van der Waals surface area contributed by atoms with Crippen LogP contribution in [0.1, 0.15) is 0 Å². The van der Waals surface area contributed by atoms with Gasteiger partial charge in [0.25, 0.3) is 0 Å². The summed E-state index contributed by atoms with van der Waals surface area (Å²) in [5.41, 5.74) is 0. The Bertz CT molecular complexity index is 147. The normalized spacial score (nSPS) is 9.40. The number of carbonyl (C=O) groups is 2. The summed E-state index contributed by atoms with van der Waals surface area (Å²) in [6.07, 6.45) is 1.73. The molecule has 0 N–H and O–H groups in total. The molecule has 0 heterocycles. The summed E-state index contributed by atoms with van der Waals surface area (Å²) >= 11 is 6.35. The number of hydrogen-bond acceptors (Lipinski definition) is 6. The van der Waals surface area contributed by atoms with Gasteiger partial charge in [0.2, 0.25) is 0 Å². The third kappa shape index (κ3) is 4.28. The molecule has 0 spiro atoms. The van der Waals surface area contributed by atoms with Crippen LogP contribution in [0.15, 0.2) is 12.2 Å². The number of hydrogen-bond donors (Lipinski definition) is 2. The fourth-order valence-electron chi connectivity index (χ4n) is 0.197. The highest BCUT2D eigenvalue weighted by Crippen LogP contribution is 1.87. The van der Waals surface area contributed by atoms with Gasteiger partial charge in [0.1, 0.15) is 0 Å². The van der Waals surface area contributed by atoms with E-state index in [-0.39, 0.29) is 0 Å². The molecule has 0 bridgehead atoms. The van der Waals surface area contributed by atoms with Crippen LogP contribution in [0.5, 0.6) is 0 Å². The molecule has 0 aromatic rings. The van der Waals surface area contributed by atoms with Crippen molar-refractivity contribution in [2.24, 2.45) is 0 Å². The van der Waals surface area contributed by atoms with Crippen LogP contribution in [0.4, 0.5) is 0 Å². The standard InChI is InChI=1S/C4H4O4S2/c5-3(7-9)1-2-4(6)8-10/h1-2,9-10H/b2-1-. The molecule has 0 amide bonds. The van der Waals surface area contributed by atoms with Gasteiger partial charge in [0.15, 0.2) is 0 Å². The van der Waals surface area contributed by atoms with Crippen molar-refractivity contribution in [1.82, 2.24) is 0 Å². The van der Waals surface area contributed by atoms with Crippen LogP contribution < -0.4 is 0 Å². The number of rotatable bonds is 2. The fourth-order valence-corrected chi connectivity index (χ4v) is 0.319. The summed E-state index contributed by atoms with van der Waals surface area (Å²) in [5.74, 6) is -1.50. The van der Waals surface area contributed by atoms with Gasteiger partial charge in [-0.3, -0.25) is 0 Å². The first-order valence-electron chi connectivity index (χ1n) is 2.09. The molecule has 0 unspecified atom stereocenters. The predicted octanol–water partition coefficient (Wildman–Crippen LogP) is 0.319. The van der Waals surface area contributed by atoms with Gasteiger partial charge in [-0.05, 0) is 0 Å². The largest absolute Gasteiger partial charge is 0.391 e. The van der Waals surface area contributed by atoms with E-state index < -0.39 is 11.9 Å². The van der Waals surface area contributed by atoms with E-state index in [1.807, 2.05) is 0 Å². The highest BCUT2D eigenvalue weighted by molar-refractivity contribution is 7.75. The lowest BCUT2D eigenvalue weighted by atomic mass is 10.5.